The Labute approximate surface area is 193 Å². The zero-order valence-corrected chi connectivity index (χ0v) is 18.7. The molecule has 1 unspecified atom stereocenters. The molecule has 2 aliphatic heterocycles. The molecule has 2 aromatic rings. The monoisotopic (exact) mass is 457 g/mol. The minimum atomic E-state index is -1.01. The topological polar surface area (TPSA) is 82.0 Å². The van der Waals surface area contributed by atoms with Gasteiger partial charge in [0.2, 0.25) is 5.95 Å². The van der Waals surface area contributed by atoms with E-state index in [1.165, 1.54) is 12.4 Å². The number of aromatic nitrogens is 2. The normalized spacial score (nSPS) is 19.3. The molecule has 32 heavy (non-hydrogen) atoms. The number of piperazine rings is 1. The van der Waals surface area contributed by atoms with E-state index in [9.17, 15) is 4.79 Å². The lowest BCUT2D eigenvalue weighted by atomic mass is 10.1. The average molecular weight is 458 g/mol. The predicted octanol–water partition coefficient (Wildman–Crippen LogP) is 2.36. The third-order valence-electron chi connectivity index (χ3n) is 5.88. The fourth-order valence-electron chi connectivity index (χ4n) is 3.99. The van der Waals surface area contributed by atoms with Crippen LogP contribution in [0.25, 0.3) is 6.08 Å². The van der Waals surface area contributed by atoms with Gasteiger partial charge in [0.1, 0.15) is 0 Å². The zero-order valence-electron chi connectivity index (χ0n) is 17.9. The van der Waals surface area contributed by atoms with Crippen LogP contribution in [-0.2, 0) is 4.74 Å². The summed E-state index contributed by atoms with van der Waals surface area (Å²) in [6.07, 6.45) is 7.19. The number of nitrogens with zero attached hydrogens (tertiary/aromatic N) is 5. The van der Waals surface area contributed by atoms with E-state index >= 15 is 0 Å². The maximum absolute atomic E-state index is 11.0. The van der Waals surface area contributed by atoms with E-state index < -0.39 is 5.97 Å². The molecule has 3 heterocycles. The molecule has 8 nitrogen and oxygen atoms in total. The van der Waals surface area contributed by atoms with Crippen molar-refractivity contribution >= 4 is 29.6 Å². The van der Waals surface area contributed by atoms with Crippen molar-refractivity contribution in [2.24, 2.45) is 0 Å². The van der Waals surface area contributed by atoms with Crippen LogP contribution in [0.15, 0.2) is 42.7 Å². The van der Waals surface area contributed by atoms with E-state index in [0.29, 0.717) is 5.95 Å². The Morgan fingerprint density at radius 3 is 2.34 bits per heavy atom. The number of hydrogen-bond acceptors (Lipinski definition) is 7. The van der Waals surface area contributed by atoms with Crippen molar-refractivity contribution in [1.82, 2.24) is 19.8 Å². The second-order valence-electron chi connectivity index (χ2n) is 7.99. The number of morpholine rings is 1. The van der Waals surface area contributed by atoms with Gasteiger partial charge in [-0.15, -0.1) is 0 Å². The Kier molecular flexibility index (Phi) is 7.70. The Bertz CT molecular complexity index is 908. The minimum absolute atomic E-state index is 0.102. The summed E-state index contributed by atoms with van der Waals surface area (Å²) in [5, 5.41) is 9.78. The van der Waals surface area contributed by atoms with Crippen molar-refractivity contribution in [3.05, 3.63) is 58.9 Å². The highest BCUT2D eigenvalue weighted by Crippen LogP contribution is 2.17. The fraction of sp³-hybridized carbons (Fsp3) is 0.435. The SMILES string of the molecule is O=C(O)c1cnc(N2CCN(C(/C=C/c3ccc(Cl)cc3)CN3CCOCC3)CC2)nc1. The maximum atomic E-state index is 11.0. The number of carbonyl (C=O) groups is 1. The van der Waals surface area contributed by atoms with Gasteiger partial charge < -0.3 is 14.7 Å². The highest BCUT2D eigenvalue weighted by molar-refractivity contribution is 6.30. The van der Waals surface area contributed by atoms with Crippen molar-refractivity contribution < 1.29 is 14.6 Å². The molecular weight excluding hydrogens is 430 g/mol. The van der Waals surface area contributed by atoms with Gasteiger partial charge in [-0.25, -0.2) is 14.8 Å². The third-order valence-corrected chi connectivity index (χ3v) is 6.13. The first-order chi connectivity index (χ1) is 15.6. The molecule has 0 saturated carbocycles. The number of anilines is 1. The molecule has 1 N–H and O–H groups in total. The molecule has 0 amide bonds. The molecule has 0 radical (unpaired) electrons. The number of hydrogen-bond donors (Lipinski definition) is 1. The number of rotatable bonds is 7. The van der Waals surface area contributed by atoms with Gasteiger partial charge in [-0.1, -0.05) is 35.9 Å². The Morgan fingerprint density at radius 2 is 1.72 bits per heavy atom. The predicted molar refractivity (Wildman–Crippen MR) is 124 cm³/mol. The Hall–Kier alpha value is -2.52. The van der Waals surface area contributed by atoms with Gasteiger partial charge >= 0.3 is 5.97 Å². The summed E-state index contributed by atoms with van der Waals surface area (Å²) in [7, 11) is 0. The van der Waals surface area contributed by atoms with Crippen molar-refractivity contribution in [2.45, 2.75) is 6.04 Å². The summed E-state index contributed by atoms with van der Waals surface area (Å²) in [6, 6.07) is 8.15. The molecule has 0 spiro atoms. The summed E-state index contributed by atoms with van der Waals surface area (Å²) in [4.78, 5) is 26.6. The van der Waals surface area contributed by atoms with Gasteiger partial charge in [0.05, 0.1) is 18.8 Å². The first-order valence-corrected chi connectivity index (χ1v) is 11.2. The first kappa shape index (κ1) is 22.7. The van der Waals surface area contributed by atoms with Crippen LogP contribution < -0.4 is 4.90 Å². The quantitative estimate of drug-likeness (QED) is 0.678. The summed E-state index contributed by atoms with van der Waals surface area (Å²) in [5.41, 5.74) is 1.23. The lowest BCUT2D eigenvalue weighted by Gasteiger charge is -2.40. The number of carboxylic acid groups (broad SMARTS) is 1. The highest BCUT2D eigenvalue weighted by Gasteiger charge is 2.26. The number of ether oxygens (including phenoxy) is 1. The molecule has 2 fully saturated rings. The molecule has 0 aliphatic carbocycles. The molecule has 1 atom stereocenters. The first-order valence-electron chi connectivity index (χ1n) is 10.9. The zero-order chi connectivity index (χ0) is 22.3. The van der Waals surface area contributed by atoms with Gasteiger partial charge in [-0.05, 0) is 17.7 Å². The number of carboxylic acids is 1. The summed E-state index contributed by atoms with van der Waals surface area (Å²) >= 11 is 6.02. The lowest BCUT2D eigenvalue weighted by molar-refractivity contribution is 0.0269. The molecule has 170 valence electrons. The largest absolute Gasteiger partial charge is 0.478 e. The second-order valence-corrected chi connectivity index (χ2v) is 8.43. The van der Waals surface area contributed by atoms with Crippen LogP contribution in [0, 0.1) is 0 Å². The van der Waals surface area contributed by atoms with Crippen LogP contribution in [0.2, 0.25) is 5.02 Å². The van der Waals surface area contributed by atoms with E-state index in [4.69, 9.17) is 21.4 Å². The van der Waals surface area contributed by atoms with Crippen LogP contribution in [0.3, 0.4) is 0 Å². The summed E-state index contributed by atoms with van der Waals surface area (Å²) < 4.78 is 5.51. The number of benzene rings is 1. The summed E-state index contributed by atoms with van der Waals surface area (Å²) in [5.74, 6) is -0.434. The van der Waals surface area contributed by atoms with Crippen LogP contribution in [-0.4, -0.2) is 95.9 Å². The number of aromatic carboxylic acids is 1. The van der Waals surface area contributed by atoms with Crippen molar-refractivity contribution in [3.63, 3.8) is 0 Å². The van der Waals surface area contributed by atoms with Crippen LogP contribution in [0.1, 0.15) is 15.9 Å². The lowest BCUT2D eigenvalue weighted by Crippen LogP contribution is -2.54. The molecule has 4 rings (SSSR count). The molecule has 1 aromatic heterocycles. The summed E-state index contributed by atoms with van der Waals surface area (Å²) in [6.45, 7) is 7.77. The molecule has 2 saturated heterocycles. The van der Waals surface area contributed by atoms with Crippen molar-refractivity contribution in [2.75, 3.05) is 63.9 Å². The Balaban J connectivity index is 1.41. The van der Waals surface area contributed by atoms with E-state index in [1.54, 1.807) is 0 Å². The fourth-order valence-corrected chi connectivity index (χ4v) is 4.12. The maximum Gasteiger partial charge on any atom is 0.338 e. The average Bonchev–Trinajstić information content (AvgIpc) is 2.83. The van der Waals surface area contributed by atoms with Crippen LogP contribution in [0.5, 0.6) is 0 Å². The second kappa shape index (κ2) is 10.9. The van der Waals surface area contributed by atoms with E-state index in [0.717, 1.165) is 69.6 Å². The van der Waals surface area contributed by atoms with Gasteiger partial charge in [0.25, 0.3) is 0 Å². The molecular formula is C23H28ClN5O3. The smallest absolute Gasteiger partial charge is 0.338 e. The molecule has 9 heteroatoms. The van der Waals surface area contributed by atoms with Crippen molar-refractivity contribution in [1.29, 1.82) is 0 Å². The van der Waals surface area contributed by atoms with Crippen molar-refractivity contribution in [3.8, 4) is 0 Å². The minimum Gasteiger partial charge on any atom is -0.478 e. The van der Waals surface area contributed by atoms with Crippen LogP contribution in [0.4, 0.5) is 5.95 Å². The van der Waals surface area contributed by atoms with Gasteiger partial charge in [0.15, 0.2) is 0 Å². The van der Waals surface area contributed by atoms with Gasteiger partial charge in [0, 0.05) is 69.3 Å². The Morgan fingerprint density at radius 1 is 1.06 bits per heavy atom. The number of halogens is 1. The van der Waals surface area contributed by atoms with Gasteiger partial charge in [-0.3, -0.25) is 9.80 Å². The molecule has 2 aliphatic rings. The van der Waals surface area contributed by atoms with Crippen LogP contribution >= 0.6 is 11.6 Å². The standard InChI is InChI=1S/C23H28ClN5O3/c24-20-4-1-18(2-5-20)3-6-21(17-27-11-13-32-14-12-27)28-7-9-29(10-8-28)23-25-15-19(16-26-23)22(30)31/h1-6,15-16,21H,7-14,17H2,(H,30,31)/b6-3+. The van der Waals surface area contributed by atoms with Gasteiger partial charge in [-0.2, -0.15) is 0 Å². The molecule has 1 aromatic carbocycles. The third kappa shape index (κ3) is 6.04. The highest BCUT2D eigenvalue weighted by atomic mass is 35.5. The van der Waals surface area contributed by atoms with E-state index in [1.807, 2.05) is 24.3 Å². The molecule has 0 bridgehead atoms. The van der Waals surface area contributed by atoms with E-state index in [-0.39, 0.29) is 11.6 Å². The van der Waals surface area contributed by atoms with E-state index in [2.05, 4.69) is 36.8 Å².